The van der Waals surface area contributed by atoms with Gasteiger partial charge in [-0.3, -0.25) is 5.41 Å². The number of benzene rings is 1. The number of hydrogen-bond acceptors (Lipinski definition) is 4. The molecule has 0 atom stereocenters. The summed E-state index contributed by atoms with van der Waals surface area (Å²) < 4.78 is 15.1. The number of methoxy groups -OCH3 is 3. The van der Waals surface area contributed by atoms with E-state index in [-0.39, 0.29) is 5.90 Å². The Kier molecular flexibility index (Phi) is 4.64. The molecule has 0 saturated heterocycles. The summed E-state index contributed by atoms with van der Waals surface area (Å²) in [5.74, 6) is 1.71. The maximum atomic E-state index is 7.39. The maximum Gasteiger partial charge on any atom is 0.180 e. The van der Waals surface area contributed by atoms with Crippen LogP contribution in [0.15, 0.2) is 18.2 Å². The van der Waals surface area contributed by atoms with Gasteiger partial charge in [0.05, 0.1) is 21.3 Å². The summed E-state index contributed by atoms with van der Waals surface area (Å²) in [7, 11) is 4.73. The van der Waals surface area contributed by atoms with E-state index < -0.39 is 0 Å². The van der Waals surface area contributed by atoms with Gasteiger partial charge >= 0.3 is 0 Å². The number of aryl methyl sites for hydroxylation is 1. The lowest BCUT2D eigenvalue weighted by Gasteiger charge is -2.09. The molecule has 0 heterocycles. The molecule has 0 bridgehead atoms. The van der Waals surface area contributed by atoms with E-state index in [2.05, 4.69) is 0 Å². The van der Waals surface area contributed by atoms with E-state index in [1.807, 2.05) is 18.2 Å². The van der Waals surface area contributed by atoms with Crippen LogP contribution < -0.4 is 9.47 Å². The third-order valence-electron chi connectivity index (χ3n) is 2.34. The quantitative estimate of drug-likeness (QED) is 0.615. The van der Waals surface area contributed by atoms with Crippen LogP contribution in [0.1, 0.15) is 12.0 Å². The number of rotatable bonds is 5. The minimum atomic E-state index is 0.287. The van der Waals surface area contributed by atoms with Crippen molar-refractivity contribution in [2.45, 2.75) is 12.8 Å². The molecule has 0 unspecified atom stereocenters. The summed E-state index contributed by atoms with van der Waals surface area (Å²) in [4.78, 5) is 0. The molecule has 0 aromatic heterocycles. The zero-order chi connectivity index (χ0) is 12.0. The fourth-order valence-corrected chi connectivity index (χ4v) is 1.40. The van der Waals surface area contributed by atoms with Crippen LogP contribution in [0.5, 0.6) is 11.5 Å². The first kappa shape index (κ1) is 12.4. The Balaban J connectivity index is 2.71. The molecule has 1 rings (SSSR count). The molecule has 0 aliphatic heterocycles. The molecule has 4 nitrogen and oxygen atoms in total. The van der Waals surface area contributed by atoms with Crippen LogP contribution in [-0.4, -0.2) is 27.2 Å². The van der Waals surface area contributed by atoms with Crippen LogP contribution in [0.25, 0.3) is 0 Å². The first-order valence-electron chi connectivity index (χ1n) is 5.03. The van der Waals surface area contributed by atoms with E-state index in [9.17, 15) is 0 Å². The van der Waals surface area contributed by atoms with Crippen molar-refractivity contribution in [2.75, 3.05) is 21.3 Å². The smallest absolute Gasteiger partial charge is 0.180 e. The fraction of sp³-hybridized carbons (Fsp3) is 0.417. The second kappa shape index (κ2) is 6.00. The largest absolute Gasteiger partial charge is 0.493 e. The topological polar surface area (TPSA) is 51.5 Å². The van der Waals surface area contributed by atoms with Gasteiger partial charge in [-0.2, -0.15) is 0 Å². The van der Waals surface area contributed by atoms with Crippen LogP contribution >= 0.6 is 0 Å². The molecule has 0 aliphatic carbocycles. The molecule has 4 heteroatoms. The Morgan fingerprint density at radius 3 is 2.38 bits per heavy atom. The van der Waals surface area contributed by atoms with Crippen LogP contribution in [0.4, 0.5) is 0 Å². The molecule has 88 valence electrons. The van der Waals surface area contributed by atoms with Crippen molar-refractivity contribution in [1.29, 1.82) is 5.41 Å². The van der Waals surface area contributed by atoms with E-state index in [4.69, 9.17) is 19.6 Å². The van der Waals surface area contributed by atoms with E-state index in [1.54, 1.807) is 14.2 Å². The minimum absolute atomic E-state index is 0.287. The molecule has 1 N–H and O–H groups in total. The summed E-state index contributed by atoms with van der Waals surface area (Å²) in [5.41, 5.74) is 1.10. The van der Waals surface area contributed by atoms with Gasteiger partial charge in [0.2, 0.25) is 0 Å². The highest BCUT2D eigenvalue weighted by molar-refractivity contribution is 5.72. The van der Waals surface area contributed by atoms with Crippen molar-refractivity contribution < 1.29 is 14.2 Å². The molecule has 0 fully saturated rings. The predicted octanol–water partition coefficient (Wildman–Crippen LogP) is 2.26. The van der Waals surface area contributed by atoms with E-state index in [1.165, 1.54) is 7.11 Å². The highest BCUT2D eigenvalue weighted by Gasteiger charge is 2.05. The van der Waals surface area contributed by atoms with Gasteiger partial charge in [0.1, 0.15) is 0 Å². The number of ether oxygens (including phenoxy) is 3. The summed E-state index contributed by atoms with van der Waals surface area (Å²) in [6, 6.07) is 5.75. The predicted molar refractivity (Wildman–Crippen MR) is 62.6 cm³/mol. The van der Waals surface area contributed by atoms with Gasteiger partial charge in [-0.15, -0.1) is 0 Å². The fourth-order valence-electron chi connectivity index (χ4n) is 1.40. The van der Waals surface area contributed by atoms with Crippen LogP contribution in [0, 0.1) is 5.41 Å². The van der Waals surface area contributed by atoms with Gasteiger partial charge in [0, 0.05) is 6.42 Å². The van der Waals surface area contributed by atoms with Gasteiger partial charge in [0.15, 0.2) is 17.4 Å². The first-order chi connectivity index (χ1) is 7.71. The summed E-state index contributed by atoms with van der Waals surface area (Å²) in [5, 5.41) is 7.39. The monoisotopic (exact) mass is 223 g/mol. The standard InChI is InChI=1S/C12H17NO3/c1-14-10-6-4-9(8-11(10)15-2)5-7-12(13)16-3/h4,6,8,13H,5,7H2,1-3H3. The number of hydrogen-bond donors (Lipinski definition) is 1. The van der Waals surface area contributed by atoms with Crippen molar-refractivity contribution >= 4 is 5.90 Å². The molecule has 1 aromatic carbocycles. The molecule has 0 saturated carbocycles. The van der Waals surface area contributed by atoms with Crippen LogP contribution in [0.3, 0.4) is 0 Å². The molecule has 0 radical (unpaired) electrons. The summed E-state index contributed by atoms with van der Waals surface area (Å²) in [6.07, 6.45) is 1.35. The SMILES string of the molecule is COC(=N)CCc1ccc(OC)c(OC)c1. The first-order valence-corrected chi connectivity index (χ1v) is 5.03. The van der Waals surface area contributed by atoms with E-state index in [0.717, 1.165) is 12.0 Å². The molecule has 16 heavy (non-hydrogen) atoms. The second-order valence-electron chi connectivity index (χ2n) is 3.32. The third kappa shape index (κ3) is 3.15. The lowest BCUT2D eigenvalue weighted by atomic mass is 10.1. The van der Waals surface area contributed by atoms with Crippen LogP contribution in [0.2, 0.25) is 0 Å². The number of nitrogens with one attached hydrogen (secondary N) is 1. The molecule has 0 spiro atoms. The lowest BCUT2D eigenvalue weighted by Crippen LogP contribution is -2.01. The van der Waals surface area contributed by atoms with Gasteiger partial charge in [0.25, 0.3) is 0 Å². The Morgan fingerprint density at radius 1 is 1.12 bits per heavy atom. The van der Waals surface area contributed by atoms with Crippen molar-refractivity contribution in [3.8, 4) is 11.5 Å². The van der Waals surface area contributed by atoms with E-state index in [0.29, 0.717) is 17.9 Å². The Morgan fingerprint density at radius 2 is 1.81 bits per heavy atom. The highest BCUT2D eigenvalue weighted by Crippen LogP contribution is 2.27. The molecular weight excluding hydrogens is 206 g/mol. The van der Waals surface area contributed by atoms with Crippen molar-refractivity contribution in [3.05, 3.63) is 23.8 Å². The summed E-state index contributed by atoms with van der Waals surface area (Å²) in [6.45, 7) is 0. The van der Waals surface area contributed by atoms with Crippen molar-refractivity contribution in [2.24, 2.45) is 0 Å². The van der Waals surface area contributed by atoms with Crippen LogP contribution in [-0.2, 0) is 11.2 Å². The van der Waals surface area contributed by atoms with Crippen molar-refractivity contribution in [3.63, 3.8) is 0 Å². The Labute approximate surface area is 95.6 Å². The normalized spacial score (nSPS) is 9.69. The molecule has 1 aromatic rings. The Bertz CT molecular complexity index is 363. The zero-order valence-electron chi connectivity index (χ0n) is 9.87. The van der Waals surface area contributed by atoms with Gasteiger partial charge in [-0.05, 0) is 24.1 Å². The third-order valence-corrected chi connectivity index (χ3v) is 2.34. The molecule has 0 amide bonds. The van der Waals surface area contributed by atoms with Gasteiger partial charge in [-0.25, -0.2) is 0 Å². The summed E-state index contributed by atoms with van der Waals surface area (Å²) >= 11 is 0. The average Bonchev–Trinajstić information content (AvgIpc) is 2.35. The molecule has 0 aliphatic rings. The zero-order valence-corrected chi connectivity index (χ0v) is 9.87. The van der Waals surface area contributed by atoms with Gasteiger partial charge < -0.3 is 14.2 Å². The molecular formula is C12H17NO3. The second-order valence-corrected chi connectivity index (χ2v) is 3.32. The van der Waals surface area contributed by atoms with Gasteiger partial charge in [-0.1, -0.05) is 6.07 Å². The highest BCUT2D eigenvalue weighted by atomic mass is 16.5. The average molecular weight is 223 g/mol. The lowest BCUT2D eigenvalue weighted by molar-refractivity contribution is 0.354. The van der Waals surface area contributed by atoms with E-state index >= 15 is 0 Å². The van der Waals surface area contributed by atoms with Crippen molar-refractivity contribution in [1.82, 2.24) is 0 Å². The Hall–Kier alpha value is -1.71. The maximum absolute atomic E-state index is 7.39. The minimum Gasteiger partial charge on any atom is -0.493 e.